The number of fused-ring (bicyclic) bond motifs is 1. The highest BCUT2D eigenvalue weighted by atomic mass is 35.5. The molecule has 0 unspecified atom stereocenters. The Kier molecular flexibility index (Phi) is 4.92. The number of nitrogens with one attached hydrogen (secondary N) is 1. The maximum absolute atomic E-state index is 13.5. The second kappa shape index (κ2) is 7.46. The number of piperazine rings is 1. The first kappa shape index (κ1) is 22.4. The molecule has 0 bridgehead atoms. The van der Waals surface area contributed by atoms with Crippen molar-refractivity contribution in [2.24, 2.45) is 11.3 Å². The number of halogens is 3. The van der Waals surface area contributed by atoms with Crippen molar-refractivity contribution in [3.05, 3.63) is 29.4 Å². The fourth-order valence-corrected chi connectivity index (χ4v) is 5.98. The summed E-state index contributed by atoms with van der Waals surface area (Å²) in [5.41, 5.74) is -0.582. The number of hydrogen-bond acceptors (Lipinski definition) is 6. The van der Waals surface area contributed by atoms with E-state index in [9.17, 15) is 18.7 Å². The van der Waals surface area contributed by atoms with Crippen LogP contribution in [-0.4, -0.2) is 77.9 Å². The van der Waals surface area contributed by atoms with Crippen LogP contribution in [0.2, 0.25) is 5.02 Å². The molecule has 4 atom stereocenters. The number of aliphatic hydroxyl groups excluding tert-OH is 1. The number of benzene rings is 1. The standard InChI is InChI=1S/C24H27ClF2N4O3/c1-22(13-34-11-19(22)32)31-4-2-30(3-5-31)18-7-14-8-20(28-10-15(14)6-17(18)25)29-21(33)16-9-23(16)12-24(23,26)27/h6-8,10,16,19,32H,2-5,9,11-13H2,1H3,(H,28,29,33)/t16-,19+,22-,23-/m0/s1. The molecule has 7 nitrogen and oxygen atoms in total. The van der Waals surface area contributed by atoms with E-state index in [1.165, 1.54) is 0 Å². The van der Waals surface area contributed by atoms with E-state index >= 15 is 0 Å². The largest absolute Gasteiger partial charge is 0.389 e. The monoisotopic (exact) mass is 492 g/mol. The van der Waals surface area contributed by atoms with Gasteiger partial charge in [-0.2, -0.15) is 0 Å². The van der Waals surface area contributed by atoms with E-state index in [1.54, 1.807) is 12.3 Å². The molecule has 2 aromatic rings. The van der Waals surface area contributed by atoms with Crippen molar-refractivity contribution in [1.29, 1.82) is 0 Å². The fraction of sp³-hybridized carbons (Fsp3) is 0.583. The Morgan fingerprint density at radius 3 is 2.59 bits per heavy atom. The van der Waals surface area contributed by atoms with E-state index in [1.807, 2.05) is 19.1 Å². The molecular weight excluding hydrogens is 466 g/mol. The number of aliphatic hydroxyl groups is 1. The van der Waals surface area contributed by atoms with Crippen molar-refractivity contribution in [1.82, 2.24) is 9.88 Å². The number of carbonyl (C=O) groups is 1. The lowest BCUT2D eigenvalue weighted by Gasteiger charge is -2.45. The lowest BCUT2D eigenvalue weighted by Crippen LogP contribution is -2.60. The van der Waals surface area contributed by atoms with Gasteiger partial charge in [0.05, 0.1) is 46.9 Å². The number of hydrogen-bond donors (Lipinski definition) is 2. The van der Waals surface area contributed by atoms with Crippen LogP contribution in [0.5, 0.6) is 0 Å². The molecule has 34 heavy (non-hydrogen) atoms. The quantitative estimate of drug-likeness (QED) is 0.683. The number of pyridine rings is 1. The van der Waals surface area contributed by atoms with Gasteiger partial charge in [-0.25, -0.2) is 13.8 Å². The maximum atomic E-state index is 13.5. The predicted octanol–water partition coefficient (Wildman–Crippen LogP) is 3.14. The molecular formula is C24H27ClF2N4O3. The van der Waals surface area contributed by atoms with Crippen LogP contribution in [0, 0.1) is 11.3 Å². The second-order valence-electron chi connectivity index (χ2n) is 10.4. The molecule has 1 spiro atoms. The van der Waals surface area contributed by atoms with Crippen LogP contribution in [0.4, 0.5) is 20.3 Å². The van der Waals surface area contributed by atoms with Crippen LogP contribution in [-0.2, 0) is 9.53 Å². The Labute approximate surface area is 201 Å². The number of aromatic nitrogens is 1. The summed E-state index contributed by atoms with van der Waals surface area (Å²) in [6.07, 6.45) is 1.19. The van der Waals surface area contributed by atoms with Crippen LogP contribution in [0.1, 0.15) is 19.8 Å². The van der Waals surface area contributed by atoms with Crippen molar-refractivity contribution >= 4 is 39.8 Å². The number of carbonyl (C=O) groups excluding carboxylic acids is 1. The third-order valence-electron chi connectivity index (χ3n) is 8.30. The Hall–Kier alpha value is -2.07. The first-order chi connectivity index (χ1) is 16.1. The van der Waals surface area contributed by atoms with E-state index < -0.39 is 23.4 Å². The molecule has 2 saturated heterocycles. The van der Waals surface area contributed by atoms with Gasteiger partial charge in [0.25, 0.3) is 5.92 Å². The van der Waals surface area contributed by atoms with Gasteiger partial charge in [0.15, 0.2) is 0 Å². The van der Waals surface area contributed by atoms with Gasteiger partial charge < -0.3 is 20.1 Å². The number of nitrogens with zero attached hydrogens (tertiary/aromatic N) is 3. The molecule has 3 heterocycles. The Balaban J connectivity index is 1.17. The summed E-state index contributed by atoms with van der Waals surface area (Å²) < 4.78 is 32.5. The normalized spacial score (nSPS) is 34.6. The van der Waals surface area contributed by atoms with Crippen LogP contribution in [0.15, 0.2) is 24.4 Å². The molecule has 2 N–H and O–H groups in total. The summed E-state index contributed by atoms with van der Waals surface area (Å²) in [5.74, 6) is -3.38. The highest BCUT2D eigenvalue weighted by Gasteiger charge is 2.85. The minimum atomic E-state index is -2.71. The molecule has 10 heteroatoms. The molecule has 2 aliphatic heterocycles. The molecule has 182 valence electrons. The minimum Gasteiger partial charge on any atom is -0.389 e. The average Bonchev–Trinajstić information content (AvgIpc) is 3.62. The summed E-state index contributed by atoms with van der Waals surface area (Å²) in [6.45, 7) is 5.98. The summed E-state index contributed by atoms with van der Waals surface area (Å²) in [6, 6.07) is 5.60. The van der Waals surface area contributed by atoms with Crippen molar-refractivity contribution in [2.75, 3.05) is 49.6 Å². The van der Waals surface area contributed by atoms with Crippen LogP contribution in [0.25, 0.3) is 10.8 Å². The van der Waals surface area contributed by atoms with E-state index in [0.717, 1.165) is 42.6 Å². The molecule has 4 aliphatic rings. The SMILES string of the molecule is C[C@]1(N2CCN(c3cc4cc(NC(=O)[C@@H]5C[C@]56CC6(F)F)ncc4cc3Cl)CC2)COC[C@H]1O. The third kappa shape index (κ3) is 3.39. The van der Waals surface area contributed by atoms with E-state index in [2.05, 4.69) is 20.1 Å². The Morgan fingerprint density at radius 2 is 1.97 bits per heavy atom. The summed E-state index contributed by atoms with van der Waals surface area (Å²) in [5, 5.41) is 15.4. The lowest BCUT2D eigenvalue weighted by atomic mass is 9.95. The number of amides is 1. The van der Waals surface area contributed by atoms with Gasteiger partial charge in [-0.15, -0.1) is 0 Å². The Bertz CT molecular complexity index is 1170. The van der Waals surface area contributed by atoms with Gasteiger partial charge in [0, 0.05) is 44.2 Å². The van der Waals surface area contributed by atoms with Gasteiger partial charge in [-0.3, -0.25) is 9.69 Å². The van der Waals surface area contributed by atoms with Gasteiger partial charge in [-0.1, -0.05) is 11.6 Å². The first-order valence-electron chi connectivity index (χ1n) is 11.7. The molecule has 0 radical (unpaired) electrons. The minimum absolute atomic E-state index is 0.191. The average molecular weight is 493 g/mol. The molecule has 1 aromatic heterocycles. The van der Waals surface area contributed by atoms with Crippen LogP contribution >= 0.6 is 11.6 Å². The Morgan fingerprint density at radius 1 is 1.24 bits per heavy atom. The van der Waals surface area contributed by atoms with E-state index in [-0.39, 0.29) is 24.3 Å². The molecule has 2 saturated carbocycles. The number of rotatable bonds is 4. The van der Waals surface area contributed by atoms with Crippen molar-refractivity contribution in [3.63, 3.8) is 0 Å². The van der Waals surface area contributed by atoms with Crippen molar-refractivity contribution in [2.45, 2.75) is 37.3 Å². The molecule has 4 fully saturated rings. The summed E-state index contributed by atoms with van der Waals surface area (Å²) >= 11 is 6.61. The van der Waals surface area contributed by atoms with Gasteiger partial charge in [0.2, 0.25) is 5.91 Å². The van der Waals surface area contributed by atoms with Crippen molar-refractivity contribution in [3.8, 4) is 0 Å². The van der Waals surface area contributed by atoms with Gasteiger partial charge in [-0.05, 0) is 36.9 Å². The first-order valence-corrected chi connectivity index (χ1v) is 12.0. The van der Waals surface area contributed by atoms with E-state index in [0.29, 0.717) is 24.1 Å². The van der Waals surface area contributed by atoms with Crippen LogP contribution < -0.4 is 10.2 Å². The zero-order valence-electron chi connectivity index (χ0n) is 18.9. The fourth-order valence-electron chi connectivity index (χ4n) is 5.69. The maximum Gasteiger partial charge on any atom is 0.255 e. The van der Waals surface area contributed by atoms with Gasteiger partial charge >= 0.3 is 0 Å². The lowest BCUT2D eigenvalue weighted by molar-refractivity contribution is -0.118. The molecule has 6 rings (SSSR count). The second-order valence-corrected chi connectivity index (χ2v) is 10.8. The molecule has 1 aromatic carbocycles. The highest BCUT2D eigenvalue weighted by Crippen LogP contribution is 2.79. The number of ether oxygens (including phenoxy) is 1. The zero-order chi connectivity index (χ0) is 23.9. The van der Waals surface area contributed by atoms with Crippen molar-refractivity contribution < 1.29 is 23.4 Å². The van der Waals surface area contributed by atoms with Gasteiger partial charge in [0.1, 0.15) is 5.82 Å². The molecule has 2 aliphatic carbocycles. The smallest absolute Gasteiger partial charge is 0.255 e. The zero-order valence-corrected chi connectivity index (χ0v) is 19.6. The van der Waals surface area contributed by atoms with E-state index in [4.69, 9.17) is 16.3 Å². The predicted molar refractivity (Wildman–Crippen MR) is 125 cm³/mol. The molecule has 1 amide bonds. The number of alkyl halides is 2. The summed E-state index contributed by atoms with van der Waals surface area (Å²) in [7, 11) is 0. The number of anilines is 2. The topological polar surface area (TPSA) is 77.9 Å². The van der Waals surface area contributed by atoms with Crippen LogP contribution in [0.3, 0.4) is 0 Å². The summed E-state index contributed by atoms with van der Waals surface area (Å²) in [4.78, 5) is 21.2. The third-order valence-corrected chi connectivity index (χ3v) is 8.60. The highest BCUT2D eigenvalue weighted by molar-refractivity contribution is 6.34.